The zero-order valence-electron chi connectivity index (χ0n) is 8.80. The van der Waals surface area contributed by atoms with Gasteiger partial charge in [-0.25, -0.2) is 0 Å². The zero-order valence-corrected chi connectivity index (χ0v) is 8.80. The molecule has 15 heavy (non-hydrogen) atoms. The first-order chi connectivity index (χ1) is 6.91. The summed E-state index contributed by atoms with van der Waals surface area (Å²) in [6, 6.07) is 0. The molecule has 0 aliphatic carbocycles. The van der Waals surface area contributed by atoms with Crippen LogP contribution in [-0.4, -0.2) is 25.5 Å². The highest BCUT2D eigenvalue weighted by Gasteiger charge is 2.51. The van der Waals surface area contributed by atoms with Crippen molar-refractivity contribution in [1.82, 2.24) is 0 Å². The summed E-state index contributed by atoms with van der Waals surface area (Å²) < 4.78 is 46.2. The molecule has 0 aromatic carbocycles. The van der Waals surface area contributed by atoms with Crippen LogP contribution in [0, 0.1) is 5.92 Å². The van der Waals surface area contributed by atoms with Crippen LogP contribution in [-0.2, 0) is 9.47 Å². The van der Waals surface area contributed by atoms with Crippen LogP contribution < -0.4 is 0 Å². The lowest BCUT2D eigenvalue weighted by atomic mass is 9.94. The Kier molecular flexibility index (Phi) is 4.02. The summed E-state index contributed by atoms with van der Waals surface area (Å²) in [7, 11) is 0. The first-order valence-electron chi connectivity index (χ1n) is 4.84. The first-order valence-corrected chi connectivity index (χ1v) is 4.84. The molecular weight excluding hydrogens is 209 g/mol. The molecule has 0 saturated carbocycles. The molecule has 0 aromatic heterocycles. The molecule has 1 aliphatic rings. The highest BCUT2D eigenvalue weighted by molar-refractivity contribution is 4.87. The van der Waals surface area contributed by atoms with E-state index < -0.39 is 18.2 Å². The van der Waals surface area contributed by atoms with Crippen molar-refractivity contribution >= 4 is 0 Å². The molecule has 1 heterocycles. The molecule has 0 amide bonds. The van der Waals surface area contributed by atoms with Crippen LogP contribution in [0.4, 0.5) is 13.2 Å². The van der Waals surface area contributed by atoms with Crippen LogP contribution in [0.2, 0.25) is 0 Å². The lowest BCUT2D eigenvalue weighted by Gasteiger charge is -2.37. The summed E-state index contributed by atoms with van der Waals surface area (Å²) in [5.74, 6) is -0.449. The Labute approximate surface area is 87.1 Å². The van der Waals surface area contributed by atoms with Gasteiger partial charge in [-0.1, -0.05) is 0 Å². The predicted molar refractivity (Wildman–Crippen MR) is 49.3 cm³/mol. The minimum absolute atomic E-state index is 0.183. The fourth-order valence-corrected chi connectivity index (χ4v) is 1.37. The SMILES string of the molecule is CC(C)=COCCC1COC1C(F)(F)F. The fourth-order valence-electron chi connectivity index (χ4n) is 1.37. The number of hydrogen-bond donors (Lipinski definition) is 0. The van der Waals surface area contributed by atoms with Gasteiger partial charge in [0.15, 0.2) is 6.10 Å². The summed E-state index contributed by atoms with van der Waals surface area (Å²) in [5.41, 5.74) is 0.993. The van der Waals surface area contributed by atoms with E-state index in [1.165, 1.54) is 0 Å². The van der Waals surface area contributed by atoms with Gasteiger partial charge in [0.05, 0.1) is 19.5 Å². The monoisotopic (exact) mass is 224 g/mol. The molecule has 2 unspecified atom stereocenters. The number of alkyl halides is 3. The van der Waals surface area contributed by atoms with Gasteiger partial charge < -0.3 is 9.47 Å². The molecule has 0 radical (unpaired) electrons. The third kappa shape index (κ3) is 3.74. The quantitative estimate of drug-likeness (QED) is 0.540. The molecule has 1 aliphatic heterocycles. The van der Waals surface area contributed by atoms with Crippen molar-refractivity contribution in [2.45, 2.75) is 32.5 Å². The number of allylic oxidation sites excluding steroid dienone is 1. The topological polar surface area (TPSA) is 18.5 Å². The van der Waals surface area contributed by atoms with E-state index in [0.717, 1.165) is 5.57 Å². The highest BCUT2D eigenvalue weighted by atomic mass is 19.4. The van der Waals surface area contributed by atoms with Crippen molar-refractivity contribution in [3.05, 3.63) is 11.8 Å². The van der Waals surface area contributed by atoms with Crippen LogP contribution in [0.1, 0.15) is 20.3 Å². The Morgan fingerprint density at radius 2 is 2.13 bits per heavy atom. The summed E-state index contributed by atoms with van der Waals surface area (Å²) in [5, 5.41) is 0. The van der Waals surface area contributed by atoms with Crippen LogP contribution >= 0.6 is 0 Å². The second kappa shape index (κ2) is 4.88. The van der Waals surface area contributed by atoms with E-state index in [1.807, 2.05) is 13.8 Å². The fraction of sp³-hybridized carbons (Fsp3) is 0.800. The van der Waals surface area contributed by atoms with E-state index in [9.17, 15) is 13.2 Å². The van der Waals surface area contributed by atoms with Crippen LogP contribution in [0.15, 0.2) is 11.8 Å². The number of ether oxygens (including phenoxy) is 2. The first kappa shape index (κ1) is 12.4. The minimum Gasteiger partial charge on any atom is -0.501 e. The molecule has 0 N–H and O–H groups in total. The van der Waals surface area contributed by atoms with E-state index >= 15 is 0 Å². The minimum atomic E-state index is -4.24. The van der Waals surface area contributed by atoms with Crippen molar-refractivity contribution in [3.8, 4) is 0 Å². The van der Waals surface area contributed by atoms with Gasteiger partial charge in [0.1, 0.15) is 0 Å². The van der Waals surface area contributed by atoms with E-state index in [4.69, 9.17) is 4.74 Å². The van der Waals surface area contributed by atoms with Gasteiger partial charge in [0.25, 0.3) is 0 Å². The second-order valence-corrected chi connectivity index (χ2v) is 3.91. The maximum atomic E-state index is 12.2. The van der Waals surface area contributed by atoms with E-state index in [0.29, 0.717) is 13.0 Å². The molecule has 1 fully saturated rings. The number of rotatable bonds is 4. The lowest BCUT2D eigenvalue weighted by Crippen LogP contribution is -2.50. The van der Waals surface area contributed by atoms with Crippen molar-refractivity contribution in [1.29, 1.82) is 0 Å². The summed E-state index contributed by atoms with van der Waals surface area (Å²) in [6.45, 7) is 4.23. The molecule has 2 nitrogen and oxygen atoms in total. The average Bonchev–Trinajstić information content (AvgIpc) is 1.97. The lowest BCUT2D eigenvalue weighted by molar-refractivity contribution is -0.289. The Morgan fingerprint density at radius 1 is 1.47 bits per heavy atom. The van der Waals surface area contributed by atoms with Crippen LogP contribution in [0.3, 0.4) is 0 Å². The van der Waals surface area contributed by atoms with E-state index in [-0.39, 0.29) is 6.61 Å². The van der Waals surface area contributed by atoms with E-state index in [2.05, 4.69) is 4.74 Å². The summed E-state index contributed by atoms with van der Waals surface area (Å²) in [4.78, 5) is 0. The normalized spacial score (nSPS) is 25.7. The Balaban J connectivity index is 2.21. The van der Waals surface area contributed by atoms with Gasteiger partial charge in [-0.3, -0.25) is 0 Å². The molecule has 2 atom stereocenters. The molecule has 1 saturated heterocycles. The van der Waals surface area contributed by atoms with Gasteiger partial charge in [-0.05, 0) is 25.8 Å². The Bertz CT molecular complexity index is 231. The zero-order chi connectivity index (χ0) is 11.5. The van der Waals surface area contributed by atoms with Gasteiger partial charge in [0, 0.05) is 5.92 Å². The van der Waals surface area contributed by atoms with Gasteiger partial charge in [-0.15, -0.1) is 0 Å². The molecule has 0 spiro atoms. The van der Waals surface area contributed by atoms with Crippen molar-refractivity contribution in [3.63, 3.8) is 0 Å². The highest BCUT2D eigenvalue weighted by Crippen LogP contribution is 2.36. The molecule has 88 valence electrons. The molecule has 1 rings (SSSR count). The number of halogens is 3. The maximum Gasteiger partial charge on any atom is 0.414 e. The summed E-state index contributed by atoms with van der Waals surface area (Å²) in [6.07, 6.45) is -3.89. The third-order valence-electron chi connectivity index (χ3n) is 2.17. The van der Waals surface area contributed by atoms with Gasteiger partial charge >= 0.3 is 6.18 Å². The molecule has 0 aromatic rings. The molecule has 5 heteroatoms. The predicted octanol–water partition coefficient (Wildman–Crippen LogP) is 2.89. The Hall–Kier alpha value is -0.710. The van der Waals surface area contributed by atoms with Gasteiger partial charge in [0.2, 0.25) is 0 Å². The van der Waals surface area contributed by atoms with E-state index in [1.54, 1.807) is 6.26 Å². The largest absolute Gasteiger partial charge is 0.501 e. The van der Waals surface area contributed by atoms with Crippen molar-refractivity contribution in [2.75, 3.05) is 13.2 Å². The van der Waals surface area contributed by atoms with Crippen molar-refractivity contribution < 1.29 is 22.6 Å². The summed E-state index contributed by atoms with van der Waals surface area (Å²) >= 11 is 0. The smallest absolute Gasteiger partial charge is 0.414 e. The van der Waals surface area contributed by atoms with Crippen LogP contribution in [0.5, 0.6) is 0 Å². The van der Waals surface area contributed by atoms with Gasteiger partial charge in [-0.2, -0.15) is 13.2 Å². The Morgan fingerprint density at radius 3 is 2.53 bits per heavy atom. The maximum absolute atomic E-state index is 12.2. The average molecular weight is 224 g/mol. The van der Waals surface area contributed by atoms with Crippen molar-refractivity contribution in [2.24, 2.45) is 5.92 Å². The molecular formula is C10H15F3O2. The number of hydrogen-bond acceptors (Lipinski definition) is 2. The van der Waals surface area contributed by atoms with Crippen LogP contribution in [0.25, 0.3) is 0 Å². The molecule has 0 bridgehead atoms. The second-order valence-electron chi connectivity index (χ2n) is 3.91. The third-order valence-corrected chi connectivity index (χ3v) is 2.17. The standard InChI is InChI=1S/C10H15F3O2/c1-7(2)5-14-4-3-8-6-15-9(8)10(11,12)13/h5,8-9H,3-4,6H2,1-2H3.